The molecule has 0 unspecified atom stereocenters. The van der Waals surface area contributed by atoms with Gasteiger partial charge < -0.3 is 4.74 Å². The molecule has 0 aliphatic heterocycles. The smallest absolute Gasteiger partial charge is 0.211 e. The first-order valence-corrected chi connectivity index (χ1v) is 8.83. The van der Waals surface area contributed by atoms with E-state index < -0.39 is 10.0 Å². The molecule has 20 heavy (non-hydrogen) atoms. The minimum absolute atomic E-state index is 0.232. The molecule has 0 saturated carbocycles. The molecule has 0 aromatic heterocycles. The van der Waals surface area contributed by atoms with E-state index in [1.54, 1.807) is 7.11 Å². The lowest BCUT2D eigenvalue weighted by molar-refractivity contribution is 0.409. The molecule has 0 bridgehead atoms. The Hall–Kier alpha value is -1.07. The Bertz CT molecular complexity index is 486. The van der Waals surface area contributed by atoms with Gasteiger partial charge in [-0.25, -0.2) is 13.1 Å². The summed E-state index contributed by atoms with van der Waals surface area (Å²) < 4.78 is 31.1. The second-order valence-electron chi connectivity index (χ2n) is 4.84. The summed E-state index contributed by atoms with van der Waals surface area (Å²) in [5.74, 6) is 1.13. The molecular formula is C15H25NO3S. The monoisotopic (exact) mass is 299 g/mol. The molecule has 1 N–H and O–H groups in total. The maximum absolute atomic E-state index is 11.6. The second kappa shape index (κ2) is 8.97. The molecule has 0 fully saturated rings. The number of hydrogen-bond donors (Lipinski definition) is 1. The van der Waals surface area contributed by atoms with Gasteiger partial charge in [-0.15, -0.1) is 0 Å². The van der Waals surface area contributed by atoms with Crippen molar-refractivity contribution in [3.63, 3.8) is 0 Å². The van der Waals surface area contributed by atoms with Crippen LogP contribution in [0.3, 0.4) is 0 Å². The van der Waals surface area contributed by atoms with Crippen LogP contribution in [0.5, 0.6) is 5.75 Å². The molecule has 1 aromatic rings. The molecule has 5 heteroatoms. The standard InChI is InChI=1S/C15H25NO3S/c1-3-4-13-20(17,18)16-12-8-7-10-14-9-5-6-11-15(14)19-2/h5-6,9,11,16H,3-4,7-8,10,12-13H2,1-2H3. The van der Waals surface area contributed by atoms with Gasteiger partial charge in [0.2, 0.25) is 10.0 Å². The van der Waals surface area contributed by atoms with Gasteiger partial charge in [-0.05, 0) is 37.3 Å². The summed E-state index contributed by atoms with van der Waals surface area (Å²) >= 11 is 0. The van der Waals surface area contributed by atoms with Crippen LogP contribution < -0.4 is 9.46 Å². The third-order valence-corrected chi connectivity index (χ3v) is 4.62. The molecule has 114 valence electrons. The van der Waals surface area contributed by atoms with Crippen LogP contribution in [-0.2, 0) is 16.4 Å². The van der Waals surface area contributed by atoms with E-state index in [4.69, 9.17) is 4.74 Å². The van der Waals surface area contributed by atoms with Crippen LogP contribution in [0.1, 0.15) is 38.2 Å². The Balaban J connectivity index is 2.25. The van der Waals surface area contributed by atoms with Gasteiger partial charge in [0.15, 0.2) is 0 Å². The number of hydrogen-bond acceptors (Lipinski definition) is 3. The van der Waals surface area contributed by atoms with Crippen molar-refractivity contribution in [1.82, 2.24) is 4.72 Å². The highest BCUT2D eigenvalue weighted by Gasteiger charge is 2.08. The molecule has 4 nitrogen and oxygen atoms in total. The molecule has 0 radical (unpaired) electrons. The van der Waals surface area contributed by atoms with Gasteiger partial charge in [0.25, 0.3) is 0 Å². The molecule has 0 amide bonds. The Morgan fingerprint density at radius 1 is 1.15 bits per heavy atom. The molecule has 0 spiro atoms. The Kier molecular flexibility index (Phi) is 7.62. The Morgan fingerprint density at radius 2 is 1.90 bits per heavy atom. The summed E-state index contributed by atoms with van der Waals surface area (Å²) in [6, 6.07) is 7.93. The fourth-order valence-corrected chi connectivity index (χ4v) is 3.25. The minimum Gasteiger partial charge on any atom is -0.496 e. The van der Waals surface area contributed by atoms with Crippen LogP contribution in [0.4, 0.5) is 0 Å². The number of para-hydroxylation sites is 1. The third-order valence-electron chi connectivity index (χ3n) is 3.15. The van der Waals surface area contributed by atoms with E-state index in [1.165, 1.54) is 5.56 Å². The second-order valence-corrected chi connectivity index (χ2v) is 6.76. The largest absolute Gasteiger partial charge is 0.496 e. The first-order chi connectivity index (χ1) is 9.59. The lowest BCUT2D eigenvalue weighted by Crippen LogP contribution is -2.27. The maximum atomic E-state index is 11.6. The Morgan fingerprint density at radius 3 is 2.60 bits per heavy atom. The number of ether oxygens (including phenoxy) is 1. The molecule has 0 heterocycles. The van der Waals surface area contributed by atoms with Crippen LogP contribution in [0, 0.1) is 0 Å². The SMILES string of the molecule is CCCCS(=O)(=O)NCCCCc1ccccc1OC. The van der Waals surface area contributed by atoms with Gasteiger partial charge in [0.1, 0.15) is 5.75 Å². The van der Waals surface area contributed by atoms with Crippen LogP contribution in [-0.4, -0.2) is 27.8 Å². The van der Waals surface area contributed by atoms with Gasteiger partial charge >= 0.3 is 0 Å². The van der Waals surface area contributed by atoms with Crippen molar-refractivity contribution < 1.29 is 13.2 Å². The molecule has 0 saturated heterocycles. The van der Waals surface area contributed by atoms with Crippen molar-refractivity contribution in [2.45, 2.75) is 39.0 Å². The van der Waals surface area contributed by atoms with E-state index in [-0.39, 0.29) is 5.75 Å². The van der Waals surface area contributed by atoms with Crippen LogP contribution in [0.2, 0.25) is 0 Å². The molecule has 0 atom stereocenters. The van der Waals surface area contributed by atoms with Gasteiger partial charge in [0.05, 0.1) is 12.9 Å². The summed E-state index contributed by atoms with van der Waals surface area (Å²) in [7, 11) is -1.41. The molecular weight excluding hydrogens is 274 g/mol. The number of rotatable bonds is 10. The van der Waals surface area contributed by atoms with E-state index in [0.29, 0.717) is 6.54 Å². The van der Waals surface area contributed by atoms with E-state index >= 15 is 0 Å². The third kappa shape index (κ3) is 6.39. The van der Waals surface area contributed by atoms with E-state index in [1.807, 2.05) is 31.2 Å². The summed E-state index contributed by atoms with van der Waals surface area (Å²) in [6.07, 6.45) is 4.30. The predicted molar refractivity (Wildman–Crippen MR) is 82.6 cm³/mol. The highest BCUT2D eigenvalue weighted by Crippen LogP contribution is 2.19. The fraction of sp³-hybridized carbons (Fsp3) is 0.600. The quantitative estimate of drug-likeness (QED) is 0.676. The number of methoxy groups -OCH3 is 1. The van der Waals surface area contributed by atoms with Crippen molar-refractivity contribution in [3.05, 3.63) is 29.8 Å². The van der Waals surface area contributed by atoms with E-state index in [9.17, 15) is 8.42 Å². The normalized spacial score (nSPS) is 11.5. The molecule has 0 aliphatic rings. The van der Waals surface area contributed by atoms with Crippen molar-refractivity contribution in [2.75, 3.05) is 19.4 Å². The predicted octanol–water partition coefficient (Wildman–Crippen LogP) is 2.74. The zero-order valence-corrected chi connectivity index (χ0v) is 13.2. The highest BCUT2D eigenvalue weighted by atomic mass is 32.2. The first-order valence-electron chi connectivity index (χ1n) is 7.18. The summed E-state index contributed by atoms with van der Waals surface area (Å²) in [4.78, 5) is 0. The fourth-order valence-electron chi connectivity index (χ4n) is 1.98. The van der Waals surface area contributed by atoms with Gasteiger partial charge in [-0.1, -0.05) is 31.5 Å². The summed E-state index contributed by atoms with van der Waals surface area (Å²) in [6.45, 7) is 2.50. The van der Waals surface area contributed by atoms with Gasteiger partial charge in [0, 0.05) is 6.54 Å². The first kappa shape index (κ1) is 17.0. The lowest BCUT2D eigenvalue weighted by atomic mass is 10.1. The maximum Gasteiger partial charge on any atom is 0.211 e. The zero-order chi connectivity index (χ0) is 14.8. The highest BCUT2D eigenvalue weighted by molar-refractivity contribution is 7.89. The zero-order valence-electron chi connectivity index (χ0n) is 12.4. The van der Waals surface area contributed by atoms with Gasteiger partial charge in [-0.3, -0.25) is 0 Å². The van der Waals surface area contributed by atoms with Crippen molar-refractivity contribution in [3.8, 4) is 5.75 Å². The Labute approximate surface area is 122 Å². The van der Waals surface area contributed by atoms with Crippen LogP contribution in [0.25, 0.3) is 0 Å². The van der Waals surface area contributed by atoms with Crippen LogP contribution in [0.15, 0.2) is 24.3 Å². The number of aryl methyl sites for hydroxylation is 1. The topological polar surface area (TPSA) is 55.4 Å². The molecule has 1 aromatic carbocycles. The average molecular weight is 299 g/mol. The van der Waals surface area contributed by atoms with E-state index in [0.717, 1.165) is 37.9 Å². The average Bonchev–Trinajstić information content (AvgIpc) is 2.45. The van der Waals surface area contributed by atoms with Crippen molar-refractivity contribution >= 4 is 10.0 Å². The molecule has 1 rings (SSSR count). The number of sulfonamides is 1. The molecule has 0 aliphatic carbocycles. The number of unbranched alkanes of at least 4 members (excludes halogenated alkanes) is 2. The number of nitrogens with one attached hydrogen (secondary N) is 1. The number of benzene rings is 1. The van der Waals surface area contributed by atoms with E-state index in [2.05, 4.69) is 4.72 Å². The summed E-state index contributed by atoms with van der Waals surface area (Å²) in [5, 5.41) is 0. The lowest BCUT2D eigenvalue weighted by Gasteiger charge is -2.08. The van der Waals surface area contributed by atoms with Crippen LogP contribution >= 0.6 is 0 Å². The van der Waals surface area contributed by atoms with Gasteiger partial charge in [-0.2, -0.15) is 0 Å². The minimum atomic E-state index is -3.08. The van der Waals surface area contributed by atoms with Crippen molar-refractivity contribution in [2.24, 2.45) is 0 Å². The summed E-state index contributed by atoms with van der Waals surface area (Å²) in [5.41, 5.74) is 1.17. The van der Waals surface area contributed by atoms with Crippen molar-refractivity contribution in [1.29, 1.82) is 0 Å².